The largest absolute Gasteiger partial charge is 0.399 e. The number of anilines is 1. The molecule has 0 spiro atoms. The monoisotopic (exact) mass is 333 g/mol. The highest BCUT2D eigenvalue weighted by Crippen LogP contribution is 2.23. The molecule has 0 aliphatic carbocycles. The summed E-state index contributed by atoms with van der Waals surface area (Å²) in [4.78, 5) is 11.8. The van der Waals surface area contributed by atoms with Gasteiger partial charge in [-0.15, -0.1) is 0 Å². The van der Waals surface area contributed by atoms with Crippen molar-refractivity contribution in [2.75, 3.05) is 5.73 Å². The van der Waals surface area contributed by atoms with Gasteiger partial charge in [0, 0.05) is 11.2 Å². The Balaban J connectivity index is 2.92. The van der Waals surface area contributed by atoms with Gasteiger partial charge in [0.15, 0.2) is 0 Å². The lowest BCUT2D eigenvalue weighted by Crippen LogP contribution is -2.50. The number of sulfonamides is 1. The first-order chi connectivity index (χ1) is 9.42. The van der Waals surface area contributed by atoms with Crippen molar-refractivity contribution in [3.8, 4) is 0 Å². The summed E-state index contributed by atoms with van der Waals surface area (Å²) < 4.78 is 26.7. The zero-order valence-corrected chi connectivity index (χ0v) is 14.0. The van der Waals surface area contributed by atoms with E-state index in [-0.39, 0.29) is 9.92 Å². The first kappa shape index (κ1) is 17.7. The maximum atomic E-state index is 12.2. The van der Waals surface area contributed by atoms with Crippen LogP contribution in [0.15, 0.2) is 23.1 Å². The summed E-state index contributed by atoms with van der Waals surface area (Å²) in [6, 6.07) is 3.15. The van der Waals surface area contributed by atoms with Crippen molar-refractivity contribution in [3.05, 3.63) is 23.2 Å². The van der Waals surface area contributed by atoms with Gasteiger partial charge in [-0.1, -0.05) is 11.6 Å². The summed E-state index contributed by atoms with van der Waals surface area (Å²) in [5, 5.41) is 2.70. The number of rotatable bonds is 4. The predicted molar refractivity (Wildman–Crippen MR) is 83.5 cm³/mol. The Morgan fingerprint density at radius 1 is 1.33 bits per heavy atom. The van der Waals surface area contributed by atoms with Crippen molar-refractivity contribution in [1.29, 1.82) is 0 Å². The van der Waals surface area contributed by atoms with E-state index in [4.69, 9.17) is 17.3 Å². The molecular weight excluding hydrogens is 314 g/mol. The lowest BCUT2D eigenvalue weighted by molar-refractivity contribution is -0.123. The van der Waals surface area contributed by atoms with Crippen molar-refractivity contribution >= 4 is 33.2 Å². The van der Waals surface area contributed by atoms with Gasteiger partial charge in [0.25, 0.3) is 0 Å². The smallest absolute Gasteiger partial charge is 0.242 e. The number of nitrogens with one attached hydrogen (secondary N) is 2. The van der Waals surface area contributed by atoms with Crippen LogP contribution >= 0.6 is 11.6 Å². The maximum absolute atomic E-state index is 12.2. The SMILES string of the molecule is CC(NS(=O)(=O)c1ccc(N)cc1Cl)C(=O)NC(C)(C)C. The fraction of sp³-hybridized carbons (Fsp3) is 0.462. The molecule has 1 amide bonds. The summed E-state index contributed by atoms with van der Waals surface area (Å²) in [6.45, 7) is 6.89. The van der Waals surface area contributed by atoms with Gasteiger partial charge < -0.3 is 11.1 Å². The Hall–Kier alpha value is -1.31. The highest BCUT2D eigenvalue weighted by atomic mass is 35.5. The van der Waals surface area contributed by atoms with E-state index in [0.29, 0.717) is 5.69 Å². The summed E-state index contributed by atoms with van der Waals surface area (Å²) in [6.07, 6.45) is 0. The summed E-state index contributed by atoms with van der Waals surface area (Å²) in [5.41, 5.74) is 5.44. The Bertz CT molecular complexity index is 639. The van der Waals surface area contributed by atoms with Gasteiger partial charge in [-0.25, -0.2) is 8.42 Å². The van der Waals surface area contributed by atoms with E-state index in [2.05, 4.69) is 10.0 Å². The number of carbonyl (C=O) groups excluding carboxylic acids is 1. The third-order valence-corrected chi connectivity index (χ3v) is 4.49. The number of halogens is 1. The fourth-order valence-corrected chi connectivity index (χ4v) is 3.32. The lowest BCUT2D eigenvalue weighted by Gasteiger charge is -2.23. The van der Waals surface area contributed by atoms with Gasteiger partial charge in [-0.05, 0) is 45.9 Å². The number of nitrogens with two attached hydrogens (primary N) is 1. The average Bonchev–Trinajstić information content (AvgIpc) is 2.24. The minimum absolute atomic E-state index is 0.00549. The van der Waals surface area contributed by atoms with Crippen molar-refractivity contribution in [3.63, 3.8) is 0 Å². The summed E-state index contributed by atoms with van der Waals surface area (Å²) in [7, 11) is -3.91. The standard InChI is InChI=1S/C13H20ClN3O3S/c1-8(12(18)16-13(2,3)4)17-21(19,20)11-6-5-9(15)7-10(11)14/h5-8,17H,15H2,1-4H3,(H,16,18). The van der Waals surface area contributed by atoms with Gasteiger partial charge in [0.2, 0.25) is 15.9 Å². The lowest BCUT2D eigenvalue weighted by atomic mass is 10.1. The van der Waals surface area contributed by atoms with Crippen LogP contribution in [0.2, 0.25) is 5.02 Å². The zero-order chi connectivity index (χ0) is 16.4. The number of amides is 1. The van der Waals surface area contributed by atoms with Gasteiger partial charge in [0.05, 0.1) is 11.1 Å². The Morgan fingerprint density at radius 2 is 1.90 bits per heavy atom. The molecule has 0 saturated carbocycles. The summed E-state index contributed by atoms with van der Waals surface area (Å²) in [5.74, 6) is -0.419. The van der Waals surface area contributed by atoms with Crippen molar-refractivity contribution in [2.24, 2.45) is 0 Å². The molecule has 0 aliphatic rings. The normalized spacial score (nSPS) is 13.8. The molecule has 0 bridgehead atoms. The number of benzene rings is 1. The van der Waals surface area contributed by atoms with Gasteiger partial charge in [-0.3, -0.25) is 4.79 Å². The van der Waals surface area contributed by atoms with Crippen LogP contribution in [0.25, 0.3) is 0 Å². The number of nitrogen functional groups attached to an aromatic ring is 1. The van der Waals surface area contributed by atoms with E-state index >= 15 is 0 Å². The molecule has 0 heterocycles. The molecule has 1 rings (SSSR count). The number of carbonyl (C=O) groups is 1. The van der Waals surface area contributed by atoms with Crippen LogP contribution in [0.5, 0.6) is 0 Å². The van der Waals surface area contributed by atoms with E-state index in [1.54, 1.807) is 0 Å². The highest BCUT2D eigenvalue weighted by Gasteiger charge is 2.26. The molecule has 118 valence electrons. The van der Waals surface area contributed by atoms with E-state index in [1.807, 2.05) is 20.8 Å². The molecule has 1 unspecified atom stereocenters. The van der Waals surface area contributed by atoms with Crippen LogP contribution in [-0.2, 0) is 14.8 Å². The molecule has 8 heteroatoms. The fourth-order valence-electron chi connectivity index (χ4n) is 1.56. The van der Waals surface area contributed by atoms with Crippen LogP contribution in [0.1, 0.15) is 27.7 Å². The third-order valence-electron chi connectivity index (χ3n) is 2.47. The van der Waals surface area contributed by atoms with E-state index in [0.717, 1.165) is 0 Å². The Labute approximate surface area is 130 Å². The maximum Gasteiger partial charge on any atom is 0.242 e. The van der Waals surface area contributed by atoms with Crippen molar-refractivity contribution in [1.82, 2.24) is 10.0 Å². The van der Waals surface area contributed by atoms with Crippen molar-refractivity contribution < 1.29 is 13.2 Å². The molecule has 1 atom stereocenters. The van der Waals surface area contributed by atoms with Crippen LogP contribution in [0.3, 0.4) is 0 Å². The van der Waals surface area contributed by atoms with Crippen LogP contribution in [0, 0.1) is 0 Å². The van der Waals surface area contributed by atoms with E-state index < -0.39 is 27.5 Å². The molecule has 0 radical (unpaired) electrons. The average molecular weight is 334 g/mol. The quantitative estimate of drug-likeness (QED) is 0.727. The minimum Gasteiger partial charge on any atom is -0.399 e. The van der Waals surface area contributed by atoms with Crippen molar-refractivity contribution in [2.45, 2.75) is 44.2 Å². The van der Waals surface area contributed by atoms with Crippen LogP contribution in [-0.4, -0.2) is 25.9 Å². The van der Waals surface area contributed by atoms with Crippen LogP contribution < -0.4 is 15.8 Å². The second-order valence-corrected chi connectivity index (χ2v) is 7.86. The molecule has 21 heavy (non-hydrogen) atoms. The topological polar surface area (TPSA) is 101 Å². The Kier molecular flexibility index (Phi) is 5.25. The molecule has 4 N–H and O–H groups in total. The number of hydrogen-bond acceptors (Lipinski definition) is 4. The molecule has 0 fully saturated rings. The predicted octanol–water partition coefficient (Wildman–Crippen LogP) is 1.50. The molecule has 1 aromatic carbocycles. The highest BCUT2D eigenvalue weighted by molar-refractivity contribution is 7.89. The van der Waals surface area contributed by atoms with Gasteiger partial charge >= 0.3 is 0 Å². The molecule has 0 aliphatic heterocycles. The van der Waals surface area contributed by atoms with E-state index in [1.165, 1.54) is 25.1 Å². The molecule has 0 saturated heterocycles. The Morgan fingerprint density at radius 3 is 2.38 bits per heavy atom. The first-order valence-electron chi connectivity index (χ1n) is 6.32. The van der Waals surface area contributed by atoms with Gasteiger partial charge in [-0.2, -0.15) is 4.72 Å². The zero-order valence-electron chi connectivity index (χ0n) is 12.4. The number of hydrogen-bond donors (Lipinski definition) is 3. The second kappa shape index (κ2) is 6.21. The second-order valence-electron chi connectivity index (χ2n) is 5.77. The first-order valence-corrected chi connectivity index (χ1v) is 8.18. The van der Waals surface area contributed by atoms with E-state index in [9.17, 15) is 13.2 Å². The molecule has 6 nitrogen and oxygen atoms in total. The molecular formula is C13H20ClN3O3S. The van der Waals surface area contributed by atoms with Crippen LogP contribution in [0.4, 0.5) is 5.69 Å². The summed E-state index contributed by atoms with van der Waals surface area (Å²) >= 11 is 5.88. The minimum atomic E-state index is -3.91. The third kappa shape index (κ3) is 5.18. The molecule has 1 aromatic rings. The molecule has 0 aromatic heterocycles. The van der Waals surface area contributed by atoms with Gasteiger partial charge in [0.1, 0.15) is 4.90 Å².